The quantitative estimate of drug-likeness (QED) is 0.642. The maximum Gasteiger partial charge on any atom is 0.172 e. The molecule has 4 heteroatoms. The highest BCUT2D eigenvalue weighted by molar-refractivity contribution is 9.10. The van der Waals surface area contributed by atoms with Crippen LogP contribution >= 0.6 is 15.9 Å². The first-order chi connectivity index (χ1) is 10.1. The molecule has 0 radical (unpaired) electrons. The van der Waals surface area contributed by atoms with Gasteiger partial charge in [0.05, 0.1) is 11.1 Å². The summed E-state index contributed by atoms with van der Waals surface area (Å²) < 4.78 is 6.21. The van der Waals surface area contributed by atoms with Gasteiger partial charge in [-0.15, -0.1) is 0 Å². The first kappa shape index (κ1) is 18.3. The van der Waals surface area contributed by atoms with E-state index in [9.17, 15) is 5.11 Å². The molecule has 1 N–H and O–H groups in total. The number of halogens is 1. The monoisotopic (exact) mass is 357 g/mol. The Morgan fingerprint density at radius 1 is 1.10 bits per heavy atom. The van der Waals surface area contributed by atoms with Gasteiger partial charge >= 0.3 is 0 Å². The van der Waals surface area contributed by atoms with Gasteiger partial charge in [-0.1, -0.05) is 26.7 Å². The summed E-state index contributed by atoms with van der Waals surface area (Å²) in [5, 5.41) is 9.98. The molecular formula is C17H28BrNO2. The summed E-state index contributed by atoms with van der Waals surface area (Å²) in [5.41, 5.74) is 1.18. The third kappa shape index (κ3) is 6.27. The number of phenolic OH excluding ortho intramolecular Hbond substituents is 1. The molecule has 0 amide bonds. The number of hydrogen-bond donors (Lipinski definition) is 1. The number of phenols is 1. The lowest BCUT2D eigenvalue weighted by molar-refractivity contribution is 0.256. The van der Waals surface area contributed by atoms with Gasteiger partial charge in [0.1, 0.15) is 0 Å². The van der Waals surface area contributed by atoms with Crippen LogP contribution in [0.2, 0.25) is 0 Å². The molecule has 1 aromatic rings. The van der Waals surface area contributed by atoms with Crippen molar-refractivity contribution in [2.45, 2.75) is 53.0 Å². The summed E-state index contributed by atoms with van der Waals surface area (Å²) in [5.74, 6) is 0.752. The first-order valence-corrected chi connectivity index (χ1v) is 8.78. The van der Waals surface area contributed by atoms with Crippen molar-refractivity contribution >= 4 is 15.9 Å². The van der Waals surface area contributed by atoms with Gasteiger partial charge < -0.3 is 9.84 Å². The third-order valence-electron chi connectivity index (χ3n) is 3.45. The molecule has 0 bridgehead atoms. The van der Waals surface area contributed by atoms with Crippen LogP contribution in [-0.2, 0) is 6.54 Å². The fraction of sp³-hybridized carbons (Fsp3) is 0.647. The maximum atomic E-state index is 9.98. The Kier molecular flexibility index (Phi) is 8.77. The van der Waals surface area contributed by atoms with Crippen molar-refractivity contribution in [1.29, 1.82) is 0 Å². The van der Waals surface area contributed by atoms with Crippen molar-refractivity contribution in [2.24, 2.45) is 0 Å². The zero-order valence-electron chi connectivity index (χ0n) is 13.5. The lowest BCUT2D eigenvalue weighted by Gasteiger charge is -2.22. The van der Waals surface area contributed by atoms with Crippen LogP contribution in [0.5, 0.6) is 11.5 Å². The van der Waals surface area contributed by atoms with E-state index in [1.807, 2.05) is 19.1 Å². The molecule has 0 saturated carbocycles. The van der Waals surface area contributed by atoms with Crippen LogP contribution in [-0.4, -0.2) is 29.7 Å². The molecule has 0 fully saturated rings. The minimum Gasteiger partial charge on any atom is -0.503 e. The van der Waals surface area contributed by atoms with Gasteiger partial charge in [0.25, 0.3) is 0 Å². The highest BCUT2D eigenvalue weighted by Gasteiger charge is 2.12. The number of nitrogens with zero attached hydrogens (tertiary/aromatic N) is 1. The predicted octanol–water partition coefficient (Wildman–Crippen LogP) is 4.96. The van der Waals surface area contributed by atoms with Crippen LogP contribution in [0.25, 0.3) is 0 Å². The Bertz CT molecular complexity index is 415. The standard InChI is InChI=1S/C17H28BrNO2/c1-4-7-9-19(10-8-5-2)13-14-11-15(18)17(20)16(12-14)21-6-3/h11-12,20H,4-10,13H2,1-3H3. The summed E-state index contributed by atoms with van der Waals surface area (Å²) in [6, 6.07) is 3.94. The highest BCUT2D eigenvalue weighted by atomic mass is 79.9. The van der Waals surface area contributed by atoms with Crippen molar-refractivity contribution in [3.05, 3.63) is 22.2 Å². The molecule has 0 unspecified atom stereocenters. The smallest absolute Gasteiger partial charge is 0.172 e. The summed E-state index contributed by atoms with van der Waals surface area (Å²) in [7, 11) is 0. The van der Waals surface area contributed by atoms with Gasteiger partial charge in [0, 0.05) is 6.54 Å². The first-order valence-electron chi connectivity index (χ1n) is 7.98. The topological polar surface area (TPSA) is 32.7 Å². The van der Waals surface area contributed by atoms with E-state index in [0.29, 0.717) is 16.8 Å². The van der Waals surface area contributed by atoms with Crippen molar-refractivity contribution in [1.82, 2.24) is 4.90 Å². The molecule has 0 aliphatic rings. The van der Waals surface area contributed by atoms with Gasteiger partial charge in [-0.05, 0) is 66.5 Å². The molecule has 0 aliphatic heterocycles. The molecule has 3 nitrogen and oxygen atoms in total. The zero-order valence-corrected chi connectivity index (χ0v) is 15.1. The number of unbranched alkanes of at least 4 members (excludes halogenated alkanes) is 2. The normalized spacial score (nSPS) is 11.1. The summed E-state index contributed by atoms with van der Waals surface area (Å²) in [6.07, 6.45) is 4.88. The lowest BCUT2D eigenvalue weighted by atomic mass is 10.1. The minimum atomic E-state index is 0.189. The number of benzene rings is 1. The van der Waals surface area contributed by atoms with Gasteiger partial charge in [-0.25, -0.2) is 0 Å². The van der Waals surface area contributed by atoms with E-state index >= 15 is 0 Å². The maximum absolute atomic E-state index is 9.98. The second kappa shape index (κ2) is 10.1. The zero-order chi connectivity index (χ0) is 15.7. The highest BCUT2D eigenvalue weighted by Crippen LogP contribution is 2.35. The van der Waals surface area contributed by atoms with Crippen LogP contribution in [0, 0.1) is 0 Å². The average molecular weight is 358 g/mol. The van der Waals surface area contributed by atoms with Crippen LogP contribution < -0.4 is 4.74 Å². The van der Waals surface area contributed by atoms with E-state index in [1.165, 1.54) is 31.2 Å². The van der Waals surface area contributed by atoms with E-state index < -0.39 is 0 Å². The summed E-state index contributed by atoms with van der Waals surface area (Å²) >= 11 is 3.41. The van der Waals surface area contributed by atoms with Crippen LogP contribution in [0.15, 0.2) is 16.6 Å². The lowest BCUT2D eigenvalue weighted by Crippen LogP contribution is -2.25. The van der Waals surface area contributed by atoms with E-state index in [-0.39, 0.29) is 5.75 Å². The Morgan fingerprint density at radius 2 is 1.71 bits per heavy atom. The number of ether oxygens (including phenoxy) is 1. The number of aromatic hydroxyl groups is 1. The van der Waals surface area contributed by atoms with Crippen LogP contribution in [0.4, 0.5) is 0 Å². The minimum absolute atomic E-state index is 0.189. The molecule has 0 heterocycles. The van der Waals surface area contributed by atoms with Crippen molar-refractivity contribution in [3.8, 4) is 11.5 Å². The van der Waals surface area contributed by atoms with Gasteiger partial charge in [-0.3, -0.25) is 4.90 Å². The fourth-order valence-electron chi connectivity index (χ4n) is 2.28. The van der Waals surface area contributed by atoms with Gasteiger partial charge in [0.2, 0.25) is 0 Å². The number of rotatable bonds is 10. The van der Waals surface area contributed by atoms with Gasteiger partial charge in [0.15, 0.2) is 11.5 Å². The predicted molar refractivity (Wildman–Crippen MR) is 92.1 cm³/mol. The van der Waals surface area contributed by atoms with E-state index in [4.69, 9.17) is 4.74 Å². The molecule has 0 atom stereocenters. The molecule has 21 heavy (non-hydrogen) atoms. The molecule has 0 spiro atoms. The van der Waals surface area contributed by atoms with E-state index in [0.717, 1.165) is 19.6 Å². The van der Waals surface area contributed by atoms with Crippen molar-refractivity contribution in [2.75, 3.05) is 19.7 Å². The van der Waals surface area contributed by atoms with E-state index in [2.05, 4.69) is 34.7 Å². The molecule has 1 aromatic carbocycles. The Hall–Kier alpha value is -0.740. The Morgan fingerprint density at radius 3 is 2.24 bits per heavy atom. The molecule has 120 valence electrons. The molecule has 0 saturated heterocycles. The largest absolute Gasteiger partial charge is 0.503 e. The van der Waals surface area contributed by atoms with Crippen LogP contribution in [0.3, 0.4) is 0 Å². The van der Waals surface area contributed by atoms with Gasteiger partial charge in [-0.2, -0.15) is 0 Å². The molecule has 0 aliphatic carbocycles. The molecule has 0 aromatic heterocycles. The summed E-state index contributed by atoms with van der Waals surface area (Å²) in [6.45, 7) is 10.1. The molecule has 1 rings (SSSR count). The SMILES string of the molecule is CCCCN(CCCC)Cc1cc(Br)c(O)c(OCC)c1. The second-order valence-electron chi connectivity index (χ2n) is 5.34. The number of hydrogen-bond acceptors (Lipinski definition) is 3. The van der Waals surface area contributed by atoms with E-state index in [1.54, 1.807) is 0 Å². The molecular weight excluding hydrogens is 330 g/mol. The average Bonchev–Trinajstić information content (AvgIpc) is 2.47. The Labute approximate surface area is 137 Å². The van der Waals surface area contributed by atoms with Crippen molar-refractivity contribution < 1.29 is 9.84 Å². The second-order valence-corrected chi connectivity index (χ2v) is 6.19. The summed E-state index contributed by atoms with van der Waals surface area (Å²) in [4.78, 5) is 2.49. The van der Waals surface area contributed by atoms with Crippen LogP contribution in [0.1, 0.15) is 52.0 Å². The fourth-order valence-corrected chi connectivity index (χ4v) is 2.77. The third-order valence-corrected chi connectivity index (χ3v) is 4.05. The van der Waals surface area contributed by atoms with Crippen molar-refractivity contribution in [3.63, 3.8) is 0 Å². The Balaban J connectivity index is 2.81.